The van der Waals surface area contributed by atoms with Crippen molar-refractivity contribution < 1.29 is 49.6 Å². The number of fused-ring (bicyclic) bond motifs is 1. The van der Waals surface area contributed by atoms with E-state index in [0.717, 1.165) is 36.9 Å². The average Bonchev–Trinajstić information content (AvgIpc) is 3.70. The minimum atomic E-state index is -2.30. The van der Waals surface area contributed by atoms with Gasteiger partial charge in [-0.3, -0.25) is 4.99 Å². The summed E-state index contributed by atoms with van der Waals surface area (Å²) in [6, 6.07) is 20.9. The molecule has 3 aromatic rings. The average molecular weight is 756 g/mol. The lowest BCUT2D eigenvalue weighted by Gasteiger charge is -2.47. The molecule has 0 spiro atoms. The van der Waals surface area contributed by atoms with E-state index in [1.165, 1.54) is 24.3 Å². The number of rotatable bonds is 17. The number of carbonyl (C=O) groups is 1. The van der Waals surface area contributed by atoms with Gasteiger partial charge in [0.1, 0.15) is 41.8 Å². The molecule has 13 nitrogen and oxygen atoms in total. The molecule has 0 bridgehead atoms. The Balaban J connectivity index is 1.21. The molecule has 292 valence electrons. The quantitative estimate of drug-likeness (QED) is 0.0993. The second kappa shape index (κ2) is 18.1. The monoisotopic (exact) mass is 755 g/mol. The number of hydrogen-bond acceptors (Lipinski definition) is 12. The second-order valence-corrected chi connectivity index (χ2v) is 14.2. The van der Waals surface area contributed by atoms with E-state index in [1.807, 2.05) is 43.6 Å². The number of allylic oxidation sites excluding steroid dienone is 2. The lowest BCUT2D eigenvalue weighted by Crippen LogP contribution is -2.71. The molecular weight excluding hydrogens is 706 g/mol. The SMILES string of the molecule is CNCC[C@H](C/C=C/c1ccccc1)[C@H](CNC[C@]1(O)[C@H](Oc2ccc3c(c2)OCC(c2ccc(O)cc2)=C3O)O[C@H](C(=O)O)[C@@H](O)[C@@H]1O)CC1=CCN=C1. The van der Waals surface area contributed by atoms with E-state index >= 15 is 0 Å². The van der Waals surface area contributed by atoms with Gasteiger partial charge in [-0.2, -0.15) is 0 Å². The zero-order valence-electron chi connectivity index (χ0n) is 30.6. The molecule has 0 saturated carbocycles. The van der Waals surface area contributed by atoms with Crippen molar-refractivity contribution in [2.75, 3.05) is 39.8 Å². The molecule has 0 aliphatic carbocycles. The predicted molar refractivity (Wildman–Crippen MR) is 208 cm³/mol. The summed E-state index contributed by atoms with van der Waals surface area (Å²) in [6.45, 7) is 1.51. The van der Waals surface area contributed by atoms with Gasteiger partial charge in [0, 0.05) is 24.4 Å². The predicted octanol–water partition coefficient (Wildman–Crippen LogP) is 3.79. The largest absolute Gasteiger partial charge is 0.508 e. The highest BCUT2D eigenvalue weighted by atomic mass is 16.7. The Bertz CT molecular complexity index is 1900. The number of nitrogens with one attached hydrogen (secondary N) is 2. The smallest absolute Gasteiger partial charge is 0.335 e. The molecule has 0 amide bonds. The number of phenolic OH excluding ortho intramolecular Hbond substituents is 1. The summed E-state index contributed by atoms with van der Waals surface area (Å²) in [5.74, 6) is -0.857. The van der Waals surface area contributed by atoms with E-state index in [4.69, 9.17) is 14.2 Å². The highest BCUT2D eigenvalue weighted by Crippen LogP contribution is 2.40. The topological polar surface area (TPSA) is 203 Å². The molecule has 7 atom stereocenters. The highest BCUT2D eigenvalue weighted by Gasteiger charge is 2.58. The van der Waals surface area contributed by atoms with E-state index < -0.39 is 36.2 Å². The van der Waals surface area contributed by atoms with Crippen molar-refractivity contribution in [3.05, 3.63) is 107 Å². The Morgan fingerprint density at radius 1 is 1.07 bits per heavy atom. The molecule has 8 N–H and O–H groups in total. The van der Waals surface area contributed by atoms with Gasteiger partial charge in [0.2, 0.25) is 6.29 Å². The van der Waals surface area contributed by atoms with Gasteiger partial charge in [-0.1, -0.05) is 60.7 Å². The van der Waals surface area contributed by atoms with Gasteiger partial charge in [0.15, 0.2) is 11.7 Å². The molecule has 1 fully saturated rings. The van der Waals surface area contributed by atoms with Crippen LogP contribution in [0.15, 0.2) is 95.5 Å². The molecule has 3 heterocycles. The van der Waals surface area contributed by atoms with Crippen molar-refractivity contribution in [2.45, 2.75) is 49.5 Å². The summed E-state index contributed by atoms with van der Waals surface area (Å²) >= 11 is 0. The first-order chi connectivity index (χ1) is 26.6. The first-order valence-corrected chi connectivity index (χ1v) is 18.4. The molecule has 0 radical (unpaired) electrons. The molecule has 0 aromatic heterocycles. The molecule has 3 aliphatic heterocycles. The third kappa shape index (κ3) is 9.45. The van der Waals surface area contributed by atoms with Gasteiger partial charge in [-0.15, -0.1) is 0 Å². The fraction of sp³-hybridized carbons (Fsp3) is 0.381. The van der Waals surface area contributed by atoms with Crippen molar-refractivity contribution in [3.8, 4) is 17.2 Å². The third-order valence-electron chi connectivity index (χ3n) is 10.4. The van der Waals surface area contributed by atoms with E-state index in [-0.39, 0.29) is 48.0 Å². The number of carboxylic acids is 1. The van der Waals surface area contributed by atoms with Crippen LogP contribution in [0.4, 0.5) is 0 Å². The van der Waals surface area contributed by atoms with Crippen LogP contribution in [0.25, 0.3) is 17.4 Å². The summed E-state index contributed by atoms with van der Waals surface area (Å²) in [6.07, 6.45) is 3.06. The van der Waals surface area contributed by atoms with E-state index in [2.05, 4.69) is 33.9 Å². The molecule has 3 aliphatic rings. The second-order valence-electron chi connectivity index (χ2n) is 14.2. The zero-order valence-corrected chi connectivity index (χ0v) is 30.6. The van der Waals surface area contributed by atoms with Crippen LogP contribution in [0.1, 0.15) is 36.0 Å². The van der Waals surface area contributed by atoms with Crippen LogP contribution in [-0.2, 0) is 9.53 Å². The lowest BCUT2D eigenvalue weighted by atomic mass is 9.81. The van der Waals surface area contributed by atoms with Gasteiger partial charge < -0.3 is 55.5 Å². The number of benzene rings is 3. The zero-order chi connectivity index (χ0) is 39.0. The van der Waals surface area contributed by atoms with Crippen molar-refractivity contribution >= 4 is 29.6 Å². The van der Waals surface area contributed by atoms with Gasteiger partial charge in [-0.25, -0.2) is 4.79 Å². The number of aliphatic hydroxyl groups is 4. The minimum absolute atomic E-state index is 0.00806. The summed E-state index contributed by atoms with van der Waals surface area (Å²) in [5.41, 5.74) is 1.44. The first kappa shape index (κ1) is 39.7. The molecule has 3 aromatic carbocycles. The van der Waals surface area contributed by atoms with Crippen molar-refractivity contribution in [1.29, 1.82) is 0 Å². The summed E-state index contributed by atoms with van der Waals surface area (Å²) in [5, 5.41) is 71.3. The number of aliphatic hydroxyl groups excluding tert-OH is 3. The molecule has 1 saturated heterocycles. The molecular formula is C42H49N3O10. The fourth-order valence-corrected chi connectivity index (χ4v) is 7.25. The van der Waals surface area contributed by atoms with Gasteiger partial charge in [-0.05, 0) is 92.2 Å². The van der Waals surface area contributed by atoms with Crippen LogP contribution in [-0.4, -0.2) is 113 Å². The number of hydrogen-bond donors (Lipinski definition) is 8. The number of aromatic hydroxyl groups is 1. The first-order valence-electron chi connectivity index (χ1n) is 18.4. The third-order valence-corrected chi connectivity index (χ3v) is 10.4. The normalized spacial score (nSPS) is 24.6. The van der Waals surface area contributed by atoms with E-state index in [9.17, 15) is 35.4 Å². The number of phenols is 1. The number of nitrogens with zero attached hydrogens (tertiary/aromatic N) is 1. The van der Waals surface area contributed by atoms with Gasteiger partial charge in [0.25, 0.3) is 0 Å². The molecule has 0 unspecified atom stereocenters. The van der Waals surface area contributed by atoms with Crippen LogP contribution in [0.2, 0.25) is 0 Å². The Morgan fingerprint density at radius 2 is 1.85 bits per heavy atom. The maximum Gasteiger partial charge on any atom is 0.335 e. The van der Waals surface area contributed by atoms with Crippen LogP contribution in [0, 0.1) is 11.8 Å². The van der Waals surface area contributed by atoms with Gasteiger partial charge >= 0.3 is 5.97 Å². The summed E-state index contributed by atoms with van der Waals surface area (Å²) in [7, 11) is 1.91. The number of ether oxygens (including phenoxy) is 3. The van der Waals surface area contributed by atoms with Crippen LogP contribution in [0.3, 0.4) is 0 Å². The lowest BCUT2D eigenvalue weighted by molar-refractivity contribution is -0.311. The van der Waals surface area contributed by atoms with Crippen LogP contribution >= 0.6 is 0 Å². The number of aliphatic imine (C=N–C) groups is 1. The summed E-state index contributed by atoms with van der Waals surface area (Å²) < 4.78 is 17.7. The Kier molecular flexibility index (Phi) is 13.0. The maximum atomic E-state index is 12.1. The van der Waals surface area contributed by atoms with E-state index in [1.54, 1.807) is 18.2 Å². The van der Waals surface area contributed by atoms with Crippen LogP contribution in [0.5, 0.6) is 17.2 Å². The van der Waals surface area contributed by atoms with Gasteiger partial charge in [0.05, 0.1) is 12.1 Å². The standard InChI is InChI=1S/C42H49N3O10/c1-43-18-17-28(9-5-8-26-6-3-2-4-7-26)30(20-27-16-19-44-22-27)23-45-25-42(52)39(49)37(48)38(40(50)51)55-41(42)54-32-14-15-33-35(21-32)53-24-34(36(33)47)29-10-12-31(46)13-11-29/h2-8,10-16,21-22,28,30,37-39,41,43,45-49,52H,9,17-20,23-25H2,1H3,(H,50,51)/b8-5+/t28-,30-,37+,38-,39-,41+,42+/m0/s1. The number of aliphatic carboxylic acids is 1. The molecule has 55 heavy (non-hydrogen) atoms. The van der Waals surface area contributed by atoms with Crippen LogP contribution < -0.4 is 20.1 Å². The highest BCUT2D eigenvalue weighted by molar-refractivity contribution is 5.91. The van der Waals surface area contributed by atoms with E-state index in [0.29, 0.717) is 29.8 Å². The maximum absolute atomic E-state index is 12.1. The fourth-order valence-electron chi connectivity index (χ4n) is 7.25. The van der Waals surface area contributed by atoms with Crippen molar-refractivity contribution in [2.24, 2.45) is 16.8 Å². The molecule has 13 heteroatoms. The number of carboxylic acid groups (broad SMARTS) is 1. The van der Waals surface area contributed by atoms with Crippen molar-refractivity contribution in [1.82, 2.24) is 10.6 Å². The molecule has 6 rings (SSSR count). The Hall–Kier alpha value is -5.02. The minimum Gasteiger partial charge on any atom is -0.508 e. The van der Waals surface area contributed by atoms with Crippen molar-refractivity contribution in [3.63, 3.8) is 0 Å². The summed E-state index contributed by atoms with van der Waals surface area (Å²) in [4.78, 5) is 16.4. The Labute approximate surface area is 319 Å². The Morgan fingerprint density at radius 3 is 2.56 bits per heavy atom.